The molecule has 0 saturated heterocycles. The lowest BCUT2D eigenvalue weighted by atomic mass is 10.1. The molecule has 18 heavy (non-hydrogen) atoms. The zero-order valence-electron chi connectivity index (χ0n) is 10.7. The van der Waals surface area contributed by atoms with Gasteiger partial charge in [0.25, 0.3) is 0 Å². The fraction of sp³-hybridized carbons (Fsp3) is 0.357. The molecule has 2 aromatic rings. The molecule has 0 aliphatic heterocycles. The number of aryl methyl sites for hydroxylation is 1. The molecule has 1 aromatic heterocycles. The Morgan fingerprint density at radius 3 is 2.83 bits per heavy atom. The molecule has 0 fully saturated rings. The van der Waals surface area contributed by atoms with Gasteiger partial charge in [0.05, 0.1) is 0 Å². The number of nitrogens with one attached hydrogen (secondary N) is 1. The van der Waals surface area contributed by atoms with Gasteiger partial charge in [-0.3, -0.25) is 0 Å². The molecule has 0 bridgehead atoms. The van der Waals surface area contributed by atoms with E-state index in [9.17, 15) is 0 Å². The summed E-state index contributed by atoms with van der Waals surface area (Å²) in [5.74, 6) is 1.06. The molecule has 1 N–H and O–H groups in total. The Bertz CT molecular complexity index is 507. The molecule has 0 spiro atoms. The first kappa shape index (κ1) is 13.3. The average Bonchev–Trinajstić information content (AvgIpc) is 2.75. The van der Waals surface area contributed by atoms with Gasteiger partial charge >= 0.3 is 0 Å². The summed E-state index contributed by atoms with van der Waals surface area (Å²) in [6.45, 7) is 6.08. The predicted octanol–water partition coefficient (Wildman–Crippen LogP) is 3.30. The molecular formula is C14H18BrN3. The van der Waals surface area contributed by atoms with E-state index in [0.29, 0.717) is 6.04 Å². The van der Waals surface area contributed by atoms with Gasteiger partial charge in [-0.2, -0.15) is 0 Å². The van der Waals surface area contributed by atoms with E-state index in [4.69, 9.17) is 0 Å². The molecule has 0 aliphatic carbocycles. The van der Waals surface area contributed by atoms with Crippen molar-refractivity contribution in [3.63, 3.8) is 0 Å². The highest BCUT2D eigenvalue weighted by atomic mass is 79.9. The van der Waals surface area contributed by atoms with E-state index < -0.39 is 0 Å². The third kappa shape index (κ3) is 3.21. The molecule has 0 aliphatic rings. The Morgan fingerprint density at radius 1 is 1.39 bits per heavy atom. The second kappa shape index (κ2) is 6.16. The molecule has 1 aromatic carbocycles. The first-order valence-corrected chi connectivity index (χ1v) is 6.93. The monoisotopic (exact) mass is 307 g/mol. The lowest BCUT2D eigenvalue weighted by molar-refractivity contribution is 0.525. The Hall–Kier alpha value is -1.13. The number of rotatable bonds is 5. The maximum atomic E-state index is 4.21. The molecule has 3 nitrogen and oxygen atoms in total. The lowest BCUT2D eigenvalue weighted by Gasteiger charge is -2.16. The highest BCUT2D eigenvalue weighted by Crippen LogP contribution is 2.22. The molecule has 0 unspecified atom stereocenters. The van der Waals surface area contributed by atoms with Crippen molar-refractivity contribution in [1.82, 2.24) is 14.9 Å². The van der Waals surface area contributed by atoms with Gasteiger partial charge < -0.3 is 9.88 Å². The van der Waals surface area contributed by atoms with E-state index in [1.807, 2.05) is 25.4 Å². The first-order chi connectivity index (χ1) is 8.68. The summed E-state index contributed by atoms with van der Waals surface area (Å²) in [7, 11) is 0. The van der Waals surface area contributed by atoms with Gasteiger partial charge in [-0.15, -0.1) is 0 Å². The summed E-state index contributed by atoms with van der Waals surface area (Å²) in [6.07, 6.45) is 3.85. The van der Waals surface area contributed by atoms with Crippen LogP contribution >= 0.6 is 15.9 Å². The van der Waals surface area contributed by atoms with Crippen LogP contribution in [0.4, 0.5) is 0 Å². The summed E-state index contributed by atoms with van der Waals surface area (Å²) < 4.78 is 3.31. The van der Waals surface area contributed by atoms with Crippen LogP contribution in [0.25, 0.3) is 0 Å². The van der Waals surface area contributed by atoms with E-state index in [1.165, 1.54) is 5.56 Å². The third-order valence-corrected chi connectivity index (χ3v) is 3.82. The van der Waals surface area contributed by atoms with Gasteiger partial charge in [0.2, 0.25) is 0 Å². The van der Waals surface area contributed by atoms with Crippen molar-refractivity contribution in [1.29, 1.82) is 0 Å². The molecule has 1 atom stereocenters. The van der Waals surface area contributed by atoms with Gasteiger partial charge in [0, 0.05) is 36.0 Å². The van der Waals surface area contributed by atoms with E-state index in [1.54, 1.807) is 0 Å². The maximum absolute atomic E-state index is 4.21. The van der Waals surface area contributed by atoms with E-state index in [-0.39, 0.29) is 0 Å². The minimum absolute atomic E-state index is 0.337. The van der Waals surface area contributed by atoms with Crippen molar-refractivity contribution in [2.45, 2.75) is 26.4 Å². The zero-order chi connectivity index (χ0) is 13.0. The largest absolute Gasteiger partial charge is 0.334 e. The Morgan fingerprint density at radius 2 is 2.17 bits per heavy atom. The topological polar surface area (TPSA) is 29.9 Å². The number of aromatic nitrogens is 2. The number of nitrogens with zero attached hydrogens (tertiary/aromatic N) is 2. The fourth-order valence-electron chi connectivity index (χ4n) is 1.98. The Kier molecular flexibility index (Phi) is 4.55. The maximum Gasteiger partial charge on any atom is 0.105 e. The fourth-order valence-corrected chi connectivity index (χ4v) is 2.61. The number of hydrogen-bond acceptors (Lipinski definition) is 2. The van der Waals surface area contributed by atoms with Crippen LogP contribution in [0.1, 0.15) is 24.4 Å². The van der Waals surface area contributed by atoms with E-state index in [0.717, 1.165) is 23.4 Å². The van der Waals surface area contributed by atoms with Crippen molar-refractivity contribution >= 4 is 15.9 Å². The van der Waals surface area contributed by atoms with Gasteiger partial charge in [0.1, 0.15) is 5.82 Å². The van der Waals surface area contributed by atoms with Crippen LogP contribution in [-0.4, -0.2) is 16.1 Å². The van der Waals surface area contributed by atoms with Crippen molar-refractivity contribution in [2.75, 3.05) is 6.54 Å². The number of hydrogen-bond donors (Lipinski definition) is 1. The molecule has 0 amide bonds. The summed E-state index contributed by atoms with van der Waals surface area (Å²) in [4.78, 5) is 4.21. The van der Waals surface area contributed by atoms with Crippen LogP contribution in [0.2, 0.25) is 0 Å². The summed E-state index contributed by atoms with van der Waals surface area (Å²) >= 11 is 3.58. The van der Waals surface area contributed by atoms with Crippen LogP contribution in [0.5, 0.6) is 0 Å². The molecule has 4 heteroatoms. The molecular weight excluding hydrogens is 290 g/mol. The standard InChI is InChI=1S/C14H18BrN3/c1-11(13-5-3-4-6-14(13)15)16-7-9-18-10-8-17-12(18)2/h3-6,8,10-11,16H,7,9H2,1-2H3/t11-/m0/s1. The van der Waals surface area contributed by atoms with Gasteiger partial charge in [-0.05, 0) is 25.5 Å². The SMILES string of the molecule is Cc1nccn1CCN[C@@H](C)c1ccccc1Br. The summed E-state index contributed by atoms with van der Waals surface area (Å²) in [5.41, 5.74) is 1.29. The average molecular weight is 308 g/mol. The predicted molar refractivity (Wildman–Crippen MR) is 77.5 cm³/mol. The summed E-state index contributed by atoms with van der Waals surface area (Å²) in [5, 5.41) is 3.53. The van der Waals surface area contributed by atoms with Crippen molar-refractivity contribution in [3.05, 3.63) is 52.5 Å². The molecule has 96 valence electrons. The third-order valence-electron chi connectivity index (χ3n) is 3.10. The highest BCUT2D eigenvalue weighted by molar-refractivity contribution is 9.10. The smallest absolute Gasteiger partial charge is 0.105 e. The van der Waals surface area contributed by atoms with Crippen LogP contribution < -0.4 is 5.32 Å². The van der Waals surface area contributed by atoms with Crippen molar-refractivity contribution < 1.29 is 0 Å². The second-order valence-electron chi connectivity index (χ2n) is 4.37. The number of halogens is 1. The number of benzene rings is 1. The van der Waals surface area contributed by atoms with Crippen LogP contribution in [0, 0.1) is 6.92 Å². The van der Waals surface area contributed by atoms with Crippen molar-refractivity contribution in [2.24, 2.45) is 0 Å². The minimum Gasteiger partial charge on any atom is -0.334 e. The van der Waals surface area contributed by atoms with E-state index >= 15 is 0 Å². The van der Waals surface area contributed by atoms with Crippen LogP contribution in [0.15, 0.2) is 41.1 Å². The van der Waals surface area contributed by atoms with Gasteiger partial charge in [-0.1, -0.05) is 34.1 Å². The van der Waals surface area contributed by atoms with Crippen LogP contribution in [0.3, 0.4) is 0 Å². The second-order valence-corrected chi connectivity index (χ2v) is 5.22. The lowest BCUT2D eigenvalue weighted by Crippen LogP contribution is -2.23. The molecule has 2 rings (SSSR count). The van der Waals surface area contributed by atoms with Gasteiger partial charge in [-0.25, -0.2) is 4.98 Å². The Balaban J connectivity index is 1.87. The zero-order valence-corrected chi connectivity index (χ0v) is 12.3. The summed E-state index contributed by atoms with van der Waals surface area (Å²) in [6, 6.07) is 8.66. The van der Waals surface area contributed by atoms with Gasteiger partial charge in [0.15, 0.2) is 0 Å². The molecule has 0 radical (unpaired) electrons. The highest BCUT2D eigenvalue weighted by Gasteiger charge is 2.07. The van der Waals surface area contributed by atoms with Crippen LogP contribution in [-0.2, 0) is 6.54 Å². The number of imidazole rings is 1. The quantitative estimate of drug-likeness (QED) is 0.918. The Labute approximate surface area is 116 Å². The normalized spacial score (nSPS) is 12.6. The van der Waals surface area contributed by atoms with Crippen molar-refractivity contribution in [3.8, 4) is 0 Å². The first-order valence-electron chi connectivity index (χ1n) is 6.14. The minimum atomic E-state index is 0.337. The molecule has 1 heterocycles. The molecule has 0 saturated carbocycles. The van der Waals surface area contributed by atoms with E-state index in [2.05, 4.69) is 55.9 Å².